The molecule has 0 spiro atoms. The number of hydrogen-bond acceptors (Lipinski definition) is 3. The van der Waals surface area contributed by atoms with Crippen LogP contribution in [-0.4, -0.2) is 26.0 Å². The maximum absolute atomic E-state index is 10.2. The van der Waals surface area contributed by atoms with Crippen molar-refractivity contribution in [2.75, 3.05) is 6.54 Å². The van der Waals surface area contributed by atoms with E-state index in [1.54, 1.807) is 0 Å². The van der Waals surface area contributed by atoms with Crippen LogP contribution in [0.25, 0.3) is 0 Å². The molecule has 0 fully saturated rings. The summed E-state index contributed by atoms with van der Waals surface area (Å²) in [6, 6.07) is 0. The van der Waals surface area contributed by atoms with Crippen molar-refractivity contribution in [3.05, 3.63) is 0 Å². The molecule has 0 aromatic heterocycles. The summed E-state index contributed by atoms with van der Waals surface area (Å²) in [6.45, 7) is 1.19. The second-order valence-corrected chi connectivity index (χ2v) is 3.51. The lowest BCUT2D eigenvalue weighted by Crippen LogP contribution is -2.36. The van der Waals surface area contributed by atoms with E-state index in [4.69, 9.17) is 5.11 Å². The molecule has 1 atom stereocenters. The molecule has 0 aliphatic rings. The summed E-state index contributed by atoms with van der Waals surface area (Å²) < 4.78 is 22.3. The summed E-state index contributed by atoms with van der Waals surface area (Å²) in [7, 11) is -3.77. The van der Waals surface area contributed by atoms with Gasteiger partial charge in [-0.05, 0) is 0 Å². The molecule has 7 heteroatoms. The number of carboxylic acids is 1. The second-order valence-electron chi connectivity index (χ2n) is 2.13. The van der Waals surface area contributed by atoms with Gasteiger partial charge in [-0.1, -0.05) is 6.92 Å². The van der Waals surface area contributed by atoms with Crippen molar-refractivity contribution in [1.82, 2.24) is 4.72 Å². The maximum atomic E-state index is 10.2. The molecule has 0 heterocycles. The zero-order valence-electron chi connectivity index (χ0n) is 5.94. The minimum Gasteiger partial charge on any atom is -0.481 e. The topological polar surface area (TPSA) is 109 Å². The lowest BCUT2D eigenvalue weighted by molar-refractivity contribution is -0.140. The highest BCUT2D eigenvalue weighted by Crippen LogP contribution is 1.91. The van der Waals surface area contributed by atoms with Crippen molar-refractivity contribution >= 4 is 16.2 Å². The zero-order chi connectivity index (χ0) is 9.07. The summed E-state index contributed by atoms with van der Waals surface area (Å²) in [4.78, 5) is 10.1. The van der Waals surface area contributed by atoms with E-state index in [-0.39, 0.29) is 6.54 Å². The highest BCUT2D eigenvalue weighted by Gasteiger charge is 2.12. The van der Waals surface area contributed by atoms with Gasteiger partial charge >= 0.3 is 5.97 Å². The average Bonchev–Trinajstić information content (AvgIpc) is 1.80. The Kier molecular flexibility index (Phi) is 3.43. The first kappa shape index (κ1) is 10.3. The Morgan fingerprint density at radius 2 is 2.18 bits per heavy atom. The second kappa shape index (κ2) is 3.65. The summed E-state index contributed by atoms with van der Waals surface area (Å²) in [5.41, 5.74) is 0. The standard InChI is InChI=1S/C4H10N2O4S/c1-3(4(7)8)2-6-11(5,9)10/h3,6H,2H2,1H3,(H,7,8)(H2,5,9,10)/t3-/m0/s1. The Balaban J connectivity index is 3.82. The van der Waals surface area contributed by atoms with Gasteiger partial charge in [-0.25, -0.2) is 9.86 Å². The van der Waals surface area contributed by atoms with Gasteiger partial charge in [0.05, 0.1) is 5.92 Å². The molecular weight excluding hydrogens is 172 g/mol. The first-order valence-electron chi connectivity index (χ1n) is 2.83. The van der Waals surface area contributed by atoms with Gasteiger partial charge in [0.25, 0.3) is 10.2 Å². The van der Waals surface area contributed by atoms with Crippen LogP contribution in [0, 0.1) is 5.92 Å². The monoisotopic (exact) mass is 182 g/mol. The molecule has 0 unspecified atom stereocenters. The van der Waals surface area contributed by atoms with Crippen LogP contribution in [0.4, 0.5) is 0 Å². The average molecular weight is 182 g/mol. The minimum atomic E-state index is -3.77. The van der Waals surface area contributed by atoms with E-state index < -0.39 is 22.1 Å². The molecule has 0 aliphatic carbocycles. The number of carbonyl (C=O) groups is 1. The highest BCUT2D eigenvalue weighted by atomic mass is 32.2. The first-order chi connectivity index (χ1) is 4.83. The smallest absolute Gasteiger partial charge is 0.307 e. The zero-order valence-corrected chi connectivity index (χ0v) is 6.76. The van der Waals surface area contributed by atoms with E-state index in [1.165, 1.54) is 6.92 Å². The Labute approximate surface area is 64.6 Å². The van der Waals surface area contributed by atoms with Crippen molar-refractivity contribution in [3.63, 3.8) is 0 Å². The van der Waals surface area contributed by atoms with Gasteiger partial charge in [0, 0.05) is 6.54 Å². The maximum Gasteiger partial charge on any atom is 0.307 e. The Morgan fingerprint density at radius 3 is 2.45 bits per heavy atom. The third-order valence-corrected chi connectivity index (χ3v) is 1.58. The molecular formula is C4H10N2O4S. The molecule has 0 amide bonds. The summed E-state index contributed by atoms with van der Waals surface area (Å²) in [5, 5.41) is 12.9. The summed E-state index contributed by atoms with van der Waals surface area (Å²) >= 11 is 0. The molecule has 0 aliphatic heterocycles. The lowest BCUT2D eigenvalue weighted by Gasteiger charge is -2.04. The van der Waals surface area contributed by atoms with Gasteiger partial charge < -0.3 is 5.11 Å². The van der Waals surface area contributed by atoms with Crippen molar-refractivity contribution in [3.8, 4) is 0 Å². The van der Waals surface area contributed by atoms with E-state index in [2.05, 4.69) is 5.14 Å². The van der Waals surface area contributed by atoms with Crippen molar-refractivity contribution < 1.29 is 18.3 Å². The molecule has 0 rings (SSSR count). The molecule has 0 aromatic carbocycles. The van der Waals surface area contributed by atoms with E-state index in [0.717, 1.165) is 0 Å². The largest absolute Gasteiger partial charge is 0.481 e. The fourth-order valence-electron chi connectivity index (χ4n) is 0.328. The van der Waals surface area contributed by atoms with E-state index in [0.29, 0.717) is 0 Å². The Hall–Kier alpha value is -0.660. The number of nitrogens with one attached hydrogen (secondary N) is 1. The molecule has 0 saturated carbocycles. The van der Waals surface area contributed by atoms with E-state index >= 15 is 0 Å². The molecule has 0 radical (unpaired) electrons. The number of hydrogen-bond donors (Lipinski definition) is 3. The van der Waals surface area contributed by atoms with Gasteiger partial charge in [0.15, 0.2) is 0 Å². The third-order valence-electron chi connectivity index (χ3n) is 1.01. The van der Waals surface area contributed by atoms with Crippen LogP contribution in [-0.2, 0) is 15.0 Å². The molecule has 4 N–H and O–H groups in total. The van der Waals surface area contributed by atoms with Crippen LogP contribution in [0.5, 0.6) is 0 Å². The van der Waals surface area contributed by atoms with Gasteiger partial charge in [-0.2, -0.15) is 8.42 Å². The molecule has 0 bridgehead atoms. The summed E-state index contributed by atoms with van der Waals surface area (Å²) in [6.07, 6.45) is 0. The van der Waals surface area contributed by atoms with Gasteiger partial charge in [0.1, 0.15) is 0 Å². The van der Waals surface area contributed by atoms with Crippen LogP contribution >= 0.6 is 0 Å². The number of rotatable bonds is 4. The van der Waals surface area contributed by atoms with Gasteiger partial charge in [-0.15, -0.1) is 0 Å². The fraction of sp³-hybridized carbons (Fsp3) is 0.750. The molecule has 0 aromatic rings. The molecule has 66 valence electrons. The van der Waals surface area contributed by atoms with Crippen LogP contribution in [0.2, 0.25) is 0 Å². The Morgan fingerprint density at radius 1 is 1.73 bits per heavy atom. The van der Waals surface area contributed by atoms with Gasteiger partial charge in [0.2, 0.25) is 0 Å². The predicted octanol–water partition coefficient (Wildman–Crippen LogP) is -1.50. The van der Waals surface area contributed by atoms with Gasteiger partial charge in [-0.3, -0.25) is 4.79 Å². The van der Waals surface area contributed by atoms with Crippen LogP contribution in [0.1, 0.15) is 6.92 Å². The SMILES string of the molecule is C[C@@H](CNS(N)(=O)=O)C(=O)O. The number of nitrogens with two attached hydrogens (primary N) is 1. The minimum absolute atomic E-state index is 0.186. The van der Waals surface area contributed by atoms with E-state index in [1.807, 2.05) is 4.72 Å². The highest BCUT2D eigenvalue weighted by molar-refractivity contribution is 7.87. The molecule has 6 nitrogen and oxygen atoms in total. The molecule has 0 saturated heterocycles. The normalized spacial score (nSPS) is 14.4. The quantitative estimate of drug-likeness (QED) is 0.491. The fourth-order valence-corrected chi connectivity index (χ4v) is 0.811. The predicted molar refractivity (Wildman–Crippen MR) is 37.9 cm³/mol. The van der Waals surface area contributed by atoms with Crippen molar-refractivity contribution in [1.29, 1.82) is 0 Å². The van der Waals surface area contributed by atoms with Crippen LogP contribution in [0.15, 0.2) is 0 Å². The van der Waals surface area contributed by atoms with Crippen LogP contribution in [0.3, 0.4) is 0 Å². The van der Waals surface area contributed by atoms with E-state index in [9.17, 15) is 13.2 Å². The Bertz CT molecular complexity index is 234. The van der Waals surface area contributed by atoms with Crippen molar-refractivity contribution in [2.45, 2.75) is 6.92 Å². The van der Waals surface area contributed by atoms with Crippen molar-refractivity contribution in [2.24, 2.45) is 11.1 Å². The number of carboxylic acid groups (broad SMARTS) is 1. The third kappa shape index (κ3) is 5.77. The lowest BCUT2D eigenvalue weighted by atomic mass is 10.2. The number of aliphatic carboxylic acids is 1. The van der Waals surface area contributed by atoms with Crippen LogP contribution < -0.4 is 9.86 Å². The first-order valence-corrected chi connectivity index (χ1v) is 4.38. The molecule has 11 heavy (non-hydrogen) atoms. The summed E-state index contributed by atoms with van der Waals surface area (Å²) in [5.74, 6) is -1.84.